The van der Waals surface area contributed by atoms with E-state index in [1.807, 2.05) is 11.8 Å². The first-order chi connectivity index (χ1) is 6.12. The van der Waals surface area contributed by atoms with Crippen LogP contribution >= 0.6 is 23.4 Å². The Balaban J connectivity index is 3.29. The molecule has 0 radical (unpaired) electrons. The van der Waals surface area contributed by atoms with E-state index < -0.39 is 0 Å². The predicted molar refractivity (Wildman–Crippen MR) is 65.0 cm³/mol. The van der Waals surface area contributed by atoms with Crippen molar-refractivity contribution in [2.45, 2.75) is 27.2 Å². The SMILES string of the molecule is CCSCCNCC(C)(C)CCCl. The number of rotatable bonds is 8. The summed E-state index contributed by atoms with van der Waals surface area (Å²) in [5.41, 5.74) is 0.346. The van der Waals surface area contributed by atoms with Gasteiger partial charge in [-0.3, -0.25) is 0 Å². The Morgan fingerprint density at radius 2 is 2.08 bits per heavy atom. The Labute approximate surface area is 92.0 Å². The number of halogens is 1. The largest absolute Gasteiger partial charge is 0.315 e. The van der Waals surface area contributed by atoms with Gasteiger partial charge in [0.15, 0.2) is 0 Å². The van der Waals surface area contributed by atoms with E-state index in [-0.39, 0.29) is 0 Å². The minimum atomic E-state index is 0.346. The normalized spacial score (nSPS) is 12.0. The van der Waals surface area contributed by atoms with Crippen LogP contribution < -0.4 is 5.32 Å². The van der Waals surface area contributed by atoms with E-state index in [0.29, 0.717) is 5.41 Å². The smallest absolute Gasteiger partial charge is 0.0229 e. The summed E-state index contributed by atoms with van der Waals surface area (Å²) >= 11 is 7.70. The molecule has 0 aromatic heterocycles. The zero-order chi connectivity index (χ0) is 10.2. The predicted octanol–water partition coefficient (Wildman–Crippen LogP) is 2.98. The third-order valence-electron chi connectivity index (χ3n) is 2.00. The Morgan fingerprint density at radius 3 is 2.62 bits per heavy atom. The molecule has 0 saturated carbocycles. The number of alkyl halides is 1. The van der Waals surface area contributed by atoms with Crippen LogP contribution in [0.25, 0.3) is 0 Å². The zero-order valence-electron chi connectivity index (χ0n) is 9.03. The summed E-state index contributed by atoms with van der Waals surface area (Å²) in [5, 5.41) is 3.47. The standard InChI is InChI=1S/C10H22ClNS/c1-4-13-8-7-12-9-10(2,3)5-6-11/h12H,4-9H2,1-3H3. The van der Waals surface area contributed by atoms with Crippen molar-refractivity contribution in [2.24, 2.45) is 5.41 Å². The van der Waals surface area contributed by atoms with E-state index in [0.717, 1.165) is 25.4 Å². The van der Waals surface area contributed by atoms with Gasteiger partial charge in [0.05, 0.1) is 0 Å². The van der Waals surface area contributed by atoms with Crippen molar-refractivity contribution in [3.63, 3.8) is 0 Å². The van der Waals surface area contributed by atoms with Crippen LogP contribution in [0, 0.1) is 5.41 Å². The van der Waals surface area contributed by atoms with E-state index in [9.17, 15) is 0 Å². The summed E-state index contributed by atoms with van der Waals surface area (Å²) in [6.07, 6.45) is 1.09. The van der Waals surface area contributed by atoms with Crippen molar-refractivity contribution in [1.82, 2.24) is 5.32 Å². The van der Waals surface area contributed by atoms with Crippen molar-refractivity contribution in [3.05, 3.63) is 0 Å². The van der Waals surface area contributed by atoms with Crippen molar-refractivity contribution in [1.29, 1.82) is 0 Å². The maximum Gasteiger partial charge on any atom is 0.0229 e. The van der Waals surface area contributed by atoms with Crippen LogP contribution in [0.4, 0.5) is 0 Å². The maximum atomic E-state index is 5.72. The molecule has 0 aliphatic rings. The summed E-state index contributed by atoms with van der Waals surface area (Å²) in [6.45, 7) is 8.90. The summed E-state index contributed by atoms with van der Waals surface area (Å²) in [7, 11) is 0. The molecular formula is C10H22ClNS. The van der Waals surface area contributed by atoms with E-state index in [1.54, 1.807) is 0 Å². The van der Waals surface area contributed by atoms with Crippen LogP contribution in [0.3, 0.4) is 0 Å². The van der Waals surface area contributed by atoms with E-state index in [2.05, 4.69) is 26.1 Å². The first-order valence-electron chi connectivity index (χ1n) is 4.97. The van der Waals surface area contributed by atoms with Crippen LogP contribution in [-0.4, -0.2) is 30.5 Å². The first-order valence-corrected chi connectivity index (χ1v) is 6.66. The van der Waals surface area contributed by atoms with E-state index >= 15 is 0 Å². The molecule has 0 bridgehead atoms. The Kier molecular flexibility index (Phi) is 8.32. The lowest BCUT2D eigenvalue weighted by molar-refractivity contribution is 0.334. The molecule has 0 fully saturated rings. The van der Waals surface area contributed by atoms with Gasteiger partial charge in [-0.1, -0.05) is 20.8 Å². The maximum absolute atomic E-state index is 5.72. The van der Waals surface area contributed by atoms with Gasteiger partial charge >= 0.3 is 0 Å². The van der Waals surface area contributed by atoms with E-state index in [4.69, 9.17) is 11.6 Å². The van der Waals surface area contributed by atoms with Gasteiger partial charge in [-0.05, 0) is 17.6 Å². The van der Waals surface area contributed by atoms with Gasteiger partial charge in [0.1, 0.15) is 0 Å². The fourth-order valence-electron chi connectivity index (χ4n) is 1.06. The van der Waals surface area contributed by atoms with Crippen LogP contribution in [0.15, 0.2) is 0 Å². The summed E-state index contributed by atoms with van der Waals surface area (Å²) < 4.78 is 0. The second kappa shape index (κ2) is 7.95. The highest BCUT2D eigenvalue weighted by molar-refractivity contribution is 7.99. The monoisotopic (exact) mass is 223 g/mol. The fraction of sp³-hybridized carbons (Fsp3) is 1.00. The highest BCUT2D eigenvalue weighted by atomic mass is 35.5. The molecule has 0 rings (SSSR count). The third kappa shape index (κ3) is 8.92. The topological polar surface area (TPSA) is 12.0 Å². The highest BCUT2D eigenvalue weighted by Crippen LogP contribution is 2.19. The van der Waals surface area contributed by atoms with Crippen molar-refractivity contribution in [3.8, 4) is 0 Å². The summed E-state index contributed by atoms with van der Waals surface area (Å²) in [6, 6.07) is 0. The summed E-state index contributed by atoms with van der Waals surface area (Å²) in [5.74, 6) is 3.19. The fourth-order valence-corrected chi connectivity index (χ4v) is 2.15. The van der Waals surface area contributed by atoms with Gasteiger partial charge in [-0.15, -0.1) is 11.6 Å². The second-order valence-electron chi connectivity index (χ2n) is 3.98. The molecule has 0 amide bonds. The number of thioether (sulfide) groups is 1. The minimum absolute atomic E-state index is 0.346. The molecule has 0 unspecified atom stereocenters. The van der Waals surface area contributed by atoms with E-state index in [1.165, 1.54) is 11.5 Å². The average molecular weight is 224 g/mol. The molecule has 3 heteroatoms. The molecule has 0 aliphatic carbocycles. The zero-order valence-corrected chi connectivity index (χ0v) is 10.6. The highest BCUT2D eigenvalue weighted by Gasteiger charge is 2.15. The molecule has 0 aromatic carbocycles. The van der Waals surface area contributed by atoms with Gasteiger partial charge in [-0.25, -0.2) is 0 Å². The van der Waals surface area contributed by atoms with Gasteiger partial charge < -0.3 is 5.32 Å². The van der Waals surface area contributed by atoms with Crippen molar-refractivity contribution in [2.75, 3.05) is 30.5 Å². The average Bonchev–Trinajstić information content (AvgIpc) is 2.04. The number of nitrogens with one attached hydrogen (secondary N) is 1. The van der Waals surface area contributed by atoms with Crippen LogP contribution in [-0.2, 0) is 0 Å². The van der Waals surface area contributed by atoms with Gasteiger partial charge in [0.2, 0.25) is 0 Å². The molecule has 0 heterocycles. The molecular weight excluding hydrogens is 202 g/mol. The summed E-state index contributed by atoms with van der Waals surface area (Å²) in [4.78, 5) is 0. The van der Waals surface area contributed by atoms with Crippen LogP contribution in [0.2, 0.25) is 0 Å². The molecule has 0 spiro atoms. The Hall–Kier alpha value is 0.600. The Morgan fingerprint density at radius 1 is 1.38 bits per heavy atom. The van der Waals surface area contributed by atoms with Gasteiger partial charge in [0.25, 0.3) is 0 Å². The molecule has 1 nitrogen and oxygen atoms in total. The molecule has 0 aliphatic heterocycles. The lowest BCUT2D eigenvalue weighted by Gasteiger charge is -2.23. The third-order valence-corrected chi connectivity index (χ3v) is 3.09. The minimum Gasteiger partial charge on any atom is -0.315 e. The molecule has 1 N–H and O–H groups in total. The van der Waals surface area contributed by atoms with Crippen LogP contribution in [0.5, 0.6) is 0 Å². The molecule has 80 valence electrons. The van der Waals surface area contributed by atoms with Gasteiger partial charge in [0, 0.05) is 24.7 Å². The lowest BCUT2D eigenvalue weighted by atomic mass is 9.90. The number of hydrogen-bond acceptors (Lipinski definition) is 2. The quantitative estimate of drug-likeness (QED) is 0.502. The van der Waals surface area contributed by atoms with Crippen LogP contribution in [0.1, 0.15) is 27.2 Å². The van der Waals surface area contributed by atoms with Crippen molar-refractivity contribution < 1.29 is 0 Å². The lowest BCUT2D eigenvalue weighted by Crippen LogP contribution is -2.31. The second-order valence-corrected chi connectivity index (χ2v) is 5.75. The molecule has 0 aromatic rings. The number of hydrogen-bond donors (Lipinski definition) is 1. The first kappa shape index (κ1) is 13.6. The molecule has 0 atom stereocenters. The molecule has 13 heavy (non-hydrogen) atoms. The molecule has 0 saturated heterocycles. The van der Waals surface area contributed by atoms with Crippen molar-refractivity contribution >= 4 is 23.4 Å². The van der Waals surface area contributed by atoms with Gasteiger partial charge in [-0.2, -0.15) is 11.8 Å². The Bertz CT molecular complexity index is 117.